The van der Waals surface area contributed by atoms with Gasteiger partial charge in [0.25, 0.3) is 10.0 Å². The van der Waals surface area contributed by atoms with Crippen molar-refractivity contribution < 1.29 is 31.8 Å². The molecule has 7 nitrogen and oxygen atoms in total. The van der Waals surface area contributed by atoms with Crippen molar-refractivity contribution in [3.8, 4) is 5.88 Å². The van der Waals surface area contributed by atoms with Crippen LogP contribution in [0.3, 0.4) is 0 Å². The van der Waals surface area contributed by atoms with E-state index in [1.165, 1.54) is 19.4 Å². The van der Waals surface area contributed by atoms with E-state index in [-0.39, 0.29) is 23.6 Å². The average Bonchev–Trinajstić information content (AvgIpc) is 2.53. The number of nitrogens with zero attached hydrogens (tertiary/aromatic N) is 1. The molecule has 0 saturated carbocycles. The summed E-state index contributed by atoms with van der Waals surface area (Å²) in [6.45, 7) is 3.72. The van der Waals surface area contributed by atoms with Gasteiger partial charge in [0.2, 0.25) is 5.88 Å². The molecule has 0 fully saturated rings. The number of methoxy groups -OCH3 is 1. The van der Waals surface area contributed by atoms with Crippen LogP contribution in [0.25, 0.3) is 0 Å². The number of sulfonamides is 1. The van der Waals surface area contributed by atoms with Gasteiger partial charge in [0, 0.05) is 12.3 Å². The monoisotopic (exact) mass is 386 g/mol. The van der Waals surface area contributed by atoms with Crippen molar-refractivity contribution >= 4 is 21.7 Å². The first-order valence-corrected chi connectivity index (χ1v) is 8.84. The molecule has 10 heteroatoms. The molecule has 1 aromatic heterocycles. The van der Waals surface area contributed by atoms with Crippen LogP contribution in [-0.4, -0.2) is 31.6 Å². The number of ether oxygens (including phenoxy) is 1. The third-order valence-corrected chi connectivity index (χ3v) is 4.90. The second kappa shape index (κ2) is 7.24. The third kappa shape index (κ3) is 3.90. The molecular formula is C16H16F2N2O5S. The molecule has 2 aromatic rings. The summed E-state index contributed by atoms with van der Waals surface area (Å²) in [4.78, 5) is 14.0. The summed E-state index contributed by atoms with van der Waals surface area (Å²) >= 11 is 0. The molecule has 0 bridgehead atoms. The number of carboxylic acids is 1. The highest BCUT2D eigenvalue weighted by Gasteiger charge is 2.25. The molecule has 0 amide bonds. The van der Waals surface area contributed by atoms with E-state index in [1.54, 1.807) is 0 Å². The van der Waals surface area contributed by atoms with Gasteiger partial charge in [0.1, 0.15) is 22.2 Å². The molecule has 26 heavy (non-hydrogen) atoms. The number of benzene rings is 1. The highest BCUT2D eigenvalue weighted by atomic mass is 32.2. The number of nitrogens with one attached hydrogen (secondary N) is 1. The Bertz CT molecular complexity index is 961. The fourth-order valence-electron chi connectivity index (χ4n) is 2.12. The van der Waals surface area contributed by atoms with Crippen LogP contribution in [0.4, 0.5) is 14.5 Å². The number of anilines is 1. The van der Waals surface area contributed by atoms with Crippen molar-refractivity contribution in [1.82, 2.24) is 4.98 Å². The first-order valence-electron chi connectivity index (χ1n) is 7.36. The van der Waals surface area contributed by atoms with Gasteiger partial charge in [-0.1, -0.05) is 13.8 Å². The van der Waals surface area contributed by atoms with Crippen molar-refractivity contribution in [2.45, 2.75) is 24.7 Å². The Morgan fingerprint density at radius 3 is 2.42 bits per heavy atom. The highest BCUT2D eigenvalue weighted by Crippen LogP contribution is 2.29. The smallest absolute Gasteiger partial charge is 0.338 e. The minimum absolute atomic E-state index is 0.0258. The van der Waals surface area contributed by atoms with Crippen LogP contribution in [0.2, 0.25) is 0 Å². The van der Waals surface area contributed by atoms with E-state index in [9.17, 15) is 22.0 Å². The summed E-state index contributed by atoms with van der Waals surface area (Å²) in [5, 5.41) is 8.91. The minimum Gasteiger partial charge on any atom is -0.480 e. The second-order valence-electron chi connectivity index (χ2n) is 5.65. The Kier molecular flexibility index (Phi) is 5.45. The lowest BCUT2D eigenvalue weighted by molar-refractivity contribution is 0.0691. The van der Waals surface area contributed by atoms with Crippen molar-refractivity contribution in [3.05, 3.63) is 47.2 Å². The average molecular weight is 386 g/mol. The summed E-state index contributed by atoms with van der Waals surface area (Å²) in [6.07, 6.45) is 1.50. The Morgan fingerprint density at radius 2 is 1.88 bits per heavy atom. The number of halogens is 2. The molecule has 0 aliphatic rings. The lowest BCUT2D eigenvalue weighted by atomic mass is 10.1. The van der Waals surface area contributed by atoms with Gasteiger partial charge in [0.05, 0.1) is 12.7 Å². The summed E-state index contributed by atoms with van der Waals surface area (Å²) in [7, 11) is -3.29. The highest BCUT2D eigenvalue weighted by molar-refractivity contribution is 7.92. The lowest BCUT2D eigenvalue weighted by Crippen LogP contribution is -2.17. The molecule has 1 aromatic carbocycles. The maximum absolute atomic E-state index is 14.0. The Morgan fingerprint density at radius 1 is 1.23 bits per heavy atom. The molecule has 2 rings (SSSR count). The molecule has 0 radical (unpaired) electrons. The molecule has 0 aliphatic carbocycles. The minimum atomic E-state index is -4.57. The first kappa shape index (κ1) is 19.6. The van der Waals surface area contributed by atoms with Crippen LogP contribution >= 0.6 is 0 Å². The predicted octanol–water partition coefficient (Wildman–Crippen LogP) is 2.99. The van der Waals surface area contributed by atoms with E-state index in [0.29, 0.717) is 11.6 Å². The molecule has 0 atom stereocenters. The van der Waals surface area contributed by atoms with Crippen molar-refractivity contribution in [2.24, 2.45) is 0 Å². The van der Waals surface area contributed by atoms with E-state index >= 15 is 0 Å². The standard InChI is InChI=1S/C16H16F2N2O5S/c1-8(2)9-4-13(15(25-3)19-7-9)20-26(23,24)14-5-10(16(21)22)11(17)6-12(14)18/h4-8,20H,1-3H3,(H,21,22). The van der Waals surface area contributed by atoms with Crippen LogP contribution in [0, 0.1) is 11.6 Å². The molecule has 1 heterocycles. The lowest BCUT2D eigenvalue weighted by Gasteiger charge is -2.14. The molecule has 140 valence electrons. The first-order chi connectivity index (χ1) is 12.1. The zero-order valence-electron chi connectivity index (χ0n) is 14.1. The molecule has 0 saturated heterocycles. The number of pyridine rings is 1. The van der Waals surface area contributed by atoms with Gasteiger partial charge in [-0.05, 0) is 23.6 Å². The summed E-state index contributed by atoms with van der Waals surface area (Å²) < 4.78 is 59.6. The largest absolute Gasteiger partial charge is 0.480 e. The normalized spacial score (nSPS) is 11.5. The Balaban J connectivity index is 2.55. The van der Waals surface area contributed by atoms with E-state index in [2.05, 4.69) is 9.71 Å². The van der Waals surface area contributed by atoms with Gasteiger partial charge in [-0.2, -0.15) is 0 Å². The SMILES string of the molecule is COc1ncc(C(C)C)cc1NS(=O)(=O)c1cc(C(=O)O)c(F)cc1F. The van der Waals surface area contributed by atoms with Gasteiger partial charge in [0.15, 0.2) is 0 Å². The van der Waals surface area contributed by atoms with E-state index in [0.717, 1.165) is 0 Å². The number of carbonyl (C=O) groups is 1. The van der Waals surface area contributed by atoms with Gasteiger partial charge in [-0.25, -0.2) is 27.0 Å². The number of hydrogen-bond donors (Lipinski definition) is 2. The van der Waals surface area contributed by atoms with Crippen LogP contribution in [-0.2, 0) is 10.0 Å². The summed E-state index contributed by atoms with van der Waals surface area (Å²) in [5.74, 6) is -4.56. The maximum atomic E-state index is 14.0. The third-order valence-electron chi connectivity index (χ3n) is 3.52. The number of hydrogen-bond acceptors (Lipinski definition) is 5. The van der Waals surface area contributed by atoms with Crippen molar-refractivity contribution in [2.75, 3.05) is 11.8 Å². The van der Waals surface area contributed by atoms with Crippen molar-refractivity contribution in [1.29, 1.82) is 0 Å². The second-order valence-corrected chi connectivity index (χ2v) is 7.30. The van der Waals surface area contributed by atoms with Crippen LogP contribution in [0.15, 0.2) is 29.3 Å². The molecular weight excluding hydrogens is 370 g/mol. The molecule has 0 spiro atoms. The van der Waals surface area contributed by atoms with Crippen LogP contribution < -0.4 is 9.46 Å². The number of rotatable bonds is 6. The fraction of sp³-hybridized carbons (Fsp3) is 0.250. The van der Waals surface area contributed by atoms with Crippen molar-refractivity contribution in [3.63, 3.8) is 0 Å². The zero-order chi connectivity index (χ0) is 19.6. The molecule has 0 unspecified atom stereocenters. The maximum Gasteiger partial charge on any atom is 0.338 e. The van der Waals surface area contributed by atoms with Gasteiger partial charge < -0.3 is 9.84 Å². The van der Waals surface area contributed by atoms with Crippen LogP contribution in [0.1, 0.15) is 35.7 Å². The fourth-order valence-corrected chi connectivity index (χ4v) is 3.25. The Labute approximate surface area is 148 Å². The number of carboxylic acid groups (broad SMARTS) is 1. The van der Waals surface area contributed by atoms with Gasteiger partial charge >= 0.3 is 5.97 Å². The Hall–Kier alpha value is -2.75. The summed E-state index contributed by atoms with van der Waals surface area (Å²) in [5.41, 5.74) is -0.332. The number of aromatic nitrogens is 1. The number of aromatic carboxylic acids is 1. The quantitative estimate of drug-likeness (QED) is 0.791. The predicted molar refractivity (Wildman–Crippen MR) is 89.0 cm³/mol. The van der Waals surface area contributed by atoms with Crippen LogP contribution in [0.5, 0.6) is 5.88 Å². The van der Waals surface area contributed by atoms with E-state index < -0.39 is 38.1 Å². The zero-order valence-corrected chi connectivity index (χ0v) is 14.9. The topological polar surface area (TPSA) is 106 Å². The van der Waals surface area contributed by atoms with E-state index in [4.69, 9.17) is 9.84 Å². The molecule has 2 N–H and O–H groups in total. The van der Waals surface area contributed by atoms with E-state index in [1.807, 2.05) is 13.8 Å². The molecule has 0 aliphatic heterocycles. The van der Waals surface area contributed by atoms with Gasteiger partial charge in [-0.15, -0.1) is 0 Å². The van der Waals surface area contributed by atoms with Gasteiger partial charge in [-0.3, -0.25) is 4.72 Å². The summed E-state index contributed by atoms with van der Waals surface area (Å²) in [6, 6.07) is 2.09.